The molecule has 0 aliphatic carbocycles. The molecule has 0 saturated carbocycles. The summed E-state index contributed by atoms with van der Waals surface area (Å²) in [5, 5.41) is 0. The summed E-state index contributed by atoms with van der Waals surface area (Å²) >= 11 is 0. The lowest BCUT2D eigenvalue weighted by Gasteiger charge is -2.49. The third-order valence-electron chi connectivity index (χ3n) is 12.0. The van der Waals surface area contributed by atoms with Crippen LogP contribution in [0.3, 0.4) is 0 Å². The maximum absolute atomic E-state index is 6.92. The van der Waals surface area contributed by atoms with Gasteiger partial charge in [0.25, 0.3) is 0 Å². The van der Waals surface area contributed by atoms with Gasteiger partial charge in [0.05, 0.1) is 46.2 Å². The fraction of sp³-hybridized carbons (Fsp3) is 0.345. The van der Waals surface area contributed by atoms with Crippen molar-refractivity contribution in [3.8, 4) is 0 Å². The predicted octanol–water partition coefficient (Wildman–Crippen LogP) is 9.14. The molecular weight excluding hydrogens is 837 g/mol. The molecule has 66 heavy (non-hydrogen) atoms. The molecule has 11 heteroatoms. The Hall–Kier alpha value is -5.12. The molecule has 0 radical (unpaired) electrons. The van der Waals surface area contributed by atoms with Crippen molar-refractivity contribution >= 4 is 0 Å². The lowest BCUT2D eigenvalue weighted by atomic mass is 9.96. The number of hydrogen-bond donors (Lipinski definition) is 0. The Morgan fingerprint density at radius 3 is 1.24 bits per heavy atom. The molecule has 2 unspecified atom stereocenters. The van der Waals surface area contributed by atoms with E-state index in [-0.39, 0.29) is 19.8 Å². The zero-order valence-electron chi connectivity index (χ0n) is 37.1. The molecule has 9 rings (SSSR count). The van der Waals surface area contributed by atoms with E-state index in [9.17, 15) is 0 Å². The van der Waals surface area contributed by atoms with E-state index in [4.69, 9.17) is 52.1 Å². The van der Waals surface area contributed by atoms with Crippen LogP contribution in [0.5, 0.6) is 0 Å². The highest BCUT2D eigenvalue weighted by Crippen LogP contribution is 2.38. The highest BCUT2D eigenvalue weighted by Gasteiger charge is 2.54. The first-order chi connectivity index (χ1) is 32.7. The van der Waals surface area contributed by atoms with Crippen LogP contribution < -0.4 is 0 Å². The second kappa shape index (κ2) is 23.6. The largest absolute Gasteiger partial charge is 0.368 e. The number of benzene rings is 6. The maximum Gasteiger partial charge on any atom is 0.187 e. The van der Waals surface area contributed by atoms with Crippen LogP contribution in [0.15, 0.2) is 182 Å². The van der Waals surface area contributed by atoms with Crippen LogP contribution in [-0.2, 0) is 85.1 Å². The first kappa shape index (κ1) is 46.0. The van der Waals surface area contributed by atoms with E-state index in [1.807, 2.05) is 182 Å². The van der Waals surface area contributed by atoms with E-state index < -0.39 is 67.7 Å². The van der Waals surface area contributed by atoms with Gasteiger partial charge in [0, 0.05) is 12.7 Å². The highest BCUT2D eigenvalue weighted by atomic mass is 16.8. The summed E-state index contributed by atoms with van der Waals surface area (Å²) in [6, 6.07) is 60.1. The molecule has 344 valence electrons. The Morgan fingerprint density at radius 2 is 0.788 bits per heavy atom. The molecule has 3 aliphatic rings. The van der Waals surface area contributed by atoms with Gasteiger partial charge in [-0.05, 0) is 27.8 Å². The highest BCUT2D eigenvalue weighted by molar-refractivity contribution is 5.19. The summed E-state index contributed by atoms with van der Waals surface area (Å²) in [6.45, 7) is 1.76. The Kier molecular flexibility index (Phi) is 16.4. The number of methoxy groups -OCH3 is 1. The molecule has 3 saturated heterocycles. The average Bonchev–Trinajstić information content (AvgIpc) is 3.39. The topological polar surface area (TPSA) is 102 Å². The van der Waals surface area contributed by atoms with Crippen LogP contribution in [0.25, 0.3) is 0 Å². The van der Waals surface area contributed by atoms with Crippen molar-refractivity contribution in [3.05, 3.63) is 215 Å². The van der Waals surface area contributed by atoms with Crippen LogP contribution in [0, 0.1) is 0 Å². The van der Waals surface area contributed by atoms with E-state index in [1.54, 1.807) is 7.11 Å². The molecule has 0 N–H and O–H groups in total. The molecule has 11 nitrogen and oxygen atoms in total. The summed E-state index contributed by atoms with van der Waals surface area (Å²) in [5.74, 6) is 0. The average molecular weight is 895 g/mol. The van der Waals surface area contributed by atoms with E-state index in [0.29, 0.717) is 26.4 Å². The first-order valence-electron chi connectivity index (χ1n) is 22.7. The van der Waals surface area contributed by atoms with Gasteiger partial charge < -0.3 is 52.1 Å². The van der Waals surface area contributed by atoms with Gasteiger partial charge in [0.1, 0.15) is 48.8 Å². The van der Waals surface area contributed by atoms with Crippen molar-refractivity contribution in [3.63, 3.8) is 0 Å². The smallest absolute Gasteiger partial charge is 0.187 e. The van der Waals surface area contributed by atoms with Crippen molar-refractivity contribution in [1.82, 2.24) is 0 Å². The summed E-state index contributed by atoms with van der Waals surface area (Å²) in [7, 11) is 1.61. The minimum absolute atomic E-state index is 0.0168. The standard InChI is InChI=1S/C55H58O11/c1-56-54-51(60-35-42-26-14-5-15-27-42)49(58-33-40-22-10-3-11-23-40)47(57-32-39-20-8-2-9-21-39)45(64-54)37-63-55-52(61-36-43-28-16-6-17-29-43)50(59-34-41-24-12-4-13-25-41)48-46(65-55)38-62-53(66-48)44-30-18-7-19-31-44/h2-31,45-55H,32-38H2,1H3/t45-,46-,47-,48+,49+,50+,51-,52-,53?,54+,55?/m1/s1. The lowest BCUT2D eigenvalue weighted by molar-refractivity contribution is -0.379. The Balaban J connectivity index is 1.02. The molecule has 0 spiro atoms. The predicted molar refractivity (Wildman–Crippen MR) is 245 cm³/mol. The molecule has 3 heterocycles. The summed E-state index contributed by atoms with van der Waals surface area (Å²) in [6.07, 6.45) is -7.59. The minimum Gasteiger partial charge on any atom is -0.368 e. The fourth-order valence-corrected chi connectivity index (χ4v) is 8.62. The number of rotatable bonds is 20. The third kappa shape index (κ3) is 12.1. The van der Waals surface area contributed by atoms with Gasteiger partial charge >= 0.3 is 0 Å². The van der Waals surface area contributed by atoms with Crippen molar-refractivity contribution in [2.24, 2.45) is 0 Å². The van der Waals surface area contributed by atoms with E-state index in [2.05, 4.69) is 0 Å². The van der Waals surface area contributed by atoms with E-state index in [0.717, 1.165) is 33.4 Å². The molecule has 3 fully saturated rings. The quantitative estimate of drug-likeness (QED) is 0.0734. The first-order valence-corrected chi connectivity index (χ1v) is 22.7. The van der Waals surface area contributed by atoms with E-state index >= 15 is 0 Å². The molecule has 0 aromatic heterocycles. The summed E-state index contributed by atoms with van der Waals surface area (Å²) < 4.78 is 73.9. The molecular formula is C55H58O11. The third-order valence-corrected chi connectivity index (χ3v) is 12.0. The van der Waals surface area contributed by atoms with E-state index in [1.165, 1.54) is 0 Å². The van der Waals surface area contributed by atoms with Crippen molar-refractivity contribution in [1.29, 1.82) is 0 Å². The normalized spacial score (nSPS) is 27.5. The van der Waals surface area contributed by atoms with Crippen LogP contribution in [-0.4, -0.2) is 81.7 Å². The fourth-order valence-electron chi connectivity index (χ4n) is 8.62. The molecule has 6 aromatic carbocycles. The molecule has 0 amide bonds. The van der Waals surface area contributed by atoms with Crippen molar-refractivity contribution in [2.75, 3.05) is 20.3 Å². The Bertz CT molecular complexity index is 2170. The molecule has 11 atom stereocenters. The number of fused-ring (bicyclic) bond motifs is 1. The van der Waals surface area contributed by atoms with Crippen LogP contribution in [0.4, 0.5) is 0 Å². The van der Waals surface area contributed by atoms with Crippen LogP contribution >= 0.6 is 0 Å². The van der Waals surface area contributed by atoms with Crippen molar-refractivity contribution in [2.45, 2.75) is 101 Å². The molecule has 0 bridgehead atoms. The van der Waals surface area contributed by atoms with Crippen molar-refractivity contribution < 1.29 is 52.1 Å². The molecule has 3 aliphatic heterocycles. The van der Waals surface area contributed by atoms with Gasteiger partial charge in [-0.25, -0.2) is 0 Å². The maximum atomic E-state index is 6.92. The van der Waals surface area contributed by atoms with Gasteiger partial charge in [-0.2, -0.15) is 0 Å². The Labute approximate surface area is 387 Å². The minimum atomic E-state index is -0.939. The monoisotopic (exact) mass is 894 g/mol. The van der Waals surface area contributed by atoms with Crippen LogP contribution in [0.2, 0.25) is 0 Å². The number of hydrogen-bond acceptors (Lipinski definition) is 11. The van der Waals surface area contributed by atoms with Crippen LogP contribution in [0.1, 0.15) is 39.7 Å². The summed E-state index contributed by atoms with van der Waals surface area (Å²) in [4.78, 5) is 0. The zero-order chi connectivity index (χ0) is 44.8. The van der Waals surface area contributed by atoms with Gasteiger partial charge in [-0.3, -0.25) is 0 Å². The van der Waals surface area contributed by atoms with Gasteiger partial charge in [-0.1, -0.05) is 182 Å². The second-order valence-electron chi connectivity index (χ2n) is 16.6. The molecule has 6 aromatic rings. The lowest BCUT2D eigenvalue weighted by Crippen LogP contribution is -2.65. The Morgan fingerprint density at radius 1 is 0.394 bits per heavy atom. The van der Waals surface area contributed by atoms with Gasteiger partial charge in [0.15, 0.2) is 18.9 Å². The zero-order valence-corrected chi connectivity index (χ0v) is 37.1. The second-order valence-corrected chi connectivity index (χ2v) is 16.6. The van der Waals surface area contributed by atoms with Gasteiger partial charge in [0.2, 0.25) is 0 Å². The summed E-state index contributed by atoms with van der Waals surface area (Å²) in [5.41, 5.74) is 5.91. The number of ether oxygens (including phenoxy) is 11. The SMILES string of the molecule is CO[C@H]1O[C@H](COC2O[C@@H]3COC(c4ccccc4)O[C@@H]3[C@H](OCc3ccccc3)[C@H]2OCc2ccccc2)[C@@H](OCc2ccccc2)[C@H](OCc2ccccc2)[C@H]1OCc1ccccc1. The van der Waals surface area contributed by atoms with Gasteiger partial charge in [-0.15, -0.1) is 0 Å².